The molecule has 3 nitrogen and oxygen atoms in total. The van der Waals surface area contributed by atoms with Gasteiger partial charge in [-0.2, -0.15) is 0 Å². The molecular weight excluding hydrogens is 246 g/mol. The van der Waals surface area contributed by atoms with Gasteiger partial charge in [0.05, 0.1) is 5.75 Å². The number of hydrogen-bond acceptors (Lipinski definition) is 3. The molecule has 1 fully saturated rings. The van der Waals surface area contributed by atoms with Gasteiger partial charge in [-0.15, -0.1) is 0 Å². The van der Waals surface area contributed by atoms with Crippen LogP contribution in [0.2, 0.25) is 0 Å². The molecule has 1 saturated carbocycles. The Morgan fingerprint density at radius 3 is 2.17 bits per heavy atom. The Hall–Kier alpha value is -0.0900. The standard InChI is InChI=1S/C14H29NO2S/c1-5-18(16,17)11-10-14(8-6-7-9-14)12-15-13(2,3)4/h15H,5-12H2,1-4H3. The van der Waals surface area contributed by atoms with Gasteiger partial charge in [0.1, 0.15) is 9.84 Å². The van der Waals surface area contributed by atoms with E-state index in [1.54, 1.807) is 6.92 Å². The molecule has 0 aromatic rings. The van der Waals surface area contributed by atoms with Gasteiger partial charge in [0, 0.05) is 17.8 Å². The highest BCUT2D eigenvalue weighted by atomic mass is 32.2. The van der Waals surface area contributed by atoms with Gasteiger partial charge >= 0.3 is 0 Å². The van der Waals surface area contributed by atoms with Crippen molar-refractivity contribution in [3.8, 4) is 0 Å². The van der Waals surface area contributed by atoms with E-state index < -0.39 is 9.84 Å². The molecule has 0 saturated heterocycles. The zero-order valence-corrected chi connectivity index (χ0v) is 13.2. The zero-order chi connectivity index (χ0) is 13.9. The summed E-state index contributed by atoms with van der Waals surface area (Å²) in [4.78, 5) is 0. The van der Waals surface area contributed by atoms with Crippen LogP contribution in [0.1, 0.15) is 59.8 Å². The average Bonchev–Trinajstić information content (AvgIpc) is 2.73. The van der Waals surface area contributed by atoms with Crippen LogP contribution in [0.15, 0.2) is 0 Å². The van der Waals surface area contributed by atoms with E-state index in [0.717, 1.165) is 13.0 Å². The van der Waals surface area contributed by atoms with E-state index in [1.807, 2.05) is 0 Å². The van der Waals surface area contributed by atoms with Crippen molar-refractivity contribution in [3.05, 3.63) is 0 Å². The summed E-state index contributed by atoms with van der Waals surface area (Å²) in [6, 6.07) is 0. The Labute approximate surface area is 113 Å². The van der Waals surface area contributed by atoms with E-state index in [-0.39, 0.29) is 16.7 Å². The Balaban J connectivity index is 2.58. The molecule has 0 aromatic heterocycles. The molecule has 1 rings (SSSR count). The van der Waals surface area contributed by atoms with Crippen molar-refractivity contribution in [1.82, 2.24) is 5.32 Å². The van der Waals surface area contributed by atoms with E-state index in [2.05, 4.69) is 26.1 Å². The molecule has 108 valence electrons. The molecule has 1 N–H and O–H groups in total. The highest BCUT2D eigenvalue weighted by molar-refractivity contribution is 7.91. The molecule has 0 amide bonds. The second-order valence-electron chi connectivity index (χ2n) is 6.80. The lowest BCUT2D eigenvalue weighted by Gasteiger charge is -2.33. The third-order valence-corrected chi connectivity index (χ3v) is 5.75. The fourth-order valence-corrected chi connectivity index (χ4v) is 3.64. The van der Waals surface area contributed by atoms with Crippen molar-refractivity contribution in [2.45, 2.75) is 65.3 Å². The Bertz CT molecular complexity index is 348. The predicted octanol–water partition coefficient (Wildman–Crippen LogP) is 2.76. The summed E-state index contributed by atoms with van der Waals surface area (Å²) in [5, 5.41) is 3.56. The predicted molar refractivity (Wildman–Crippen MR) is 77.6 cm³/mol. The molecule has 0 spiro atoms. The third kappa shape index (κ3) is 5.27. The number of sulfone groups is 1. The van der Waals surface area contributed by atoms with Gasteiger partial charge in [0.25, 0.3) is 0 Å². The van der Waals surface area contributed by atoms with E-state index in [4.69, 9.17) is 0 Å². The van der Waals surface area contributed by atoms with Gasteiger partial charge in [-0.05, 0) is 45.4 Å². The maximum absolute atomic E-state index is 11.7. The SMILES string of the molecule is CCS(=O)(=O)CCC1(CNC(C)(C)C)CCCC1. The molecule has 0 aromatic carbocycles. The summed E-state index contributed by atoms with van der Waals surface area (Å²) in [5.41, 5.74) is 0.328. The first-order valence-corrected chi connectivity index (χ1v) is 8.96. The molecule has 4 heteroatoms. The Morgan fingerprint density at radius 1 is 1.17 bits per heavy atom. The number of nitrogens with one attached hydrogen (secondary N) is 1. The normalized spacial score (nSPS) is 20.2. The van der Waals surface area contributed by atoms with Crippen molar-refractivity contribution in [2.24, 2.45) is 5.41 Å². The van der Waals surface area contributed by atoms with Gasteiger partial charge in [0.2, 0.25) is 0 Å². The van der Waals surface area contributed by atoms with Crippen molar-refractivity contribution < 1.29 is 8.42 Å². The largest absolute Gasteiger partial charge is 0.312 e. The Morgan fingerprint density at radius 2 is 1.72 bits per heavy atom. The minimum atomic E-state index is -2.83. The molecule has 0 aliphatic heterocycles. The molecule has 1 aliphatic carbocycles. The first kappa shape index (κ1) is 16.0. The van der Waals surface area contributed by atoms with Crippen molar-refractivity contribution in [2.75, 3.05) is 18.1 Å². The Kier molecular flexibility index (Phi) is 5.24. The summed E-state index contributed by atoms with van der Waals surface area (Å²) in [6.45, 7) is 9.19. The monoisotopic (exact) mass is 275 g/mol. The summed E-state index contributed by atoms with van der Waals surface area (Å²) < 4.78 is 23.4. The zero-order valence-electron chi connectivity index (χ0n) is 12.4. The van der Waals surface area contributed by atoms with Crippen LogP contribution in [-0.4, -0.2) is 32.0 Å². The quantitative estimate of drug-likeness (QED) is 0.811. The minimum Gasteiger partial charge on any atom is -0.312 e. The van der Waals surface area contributed by atoms with Crippen molar-refractivity contribution >= 4 is 9.84 Å². The first-order valence-electron chi connectivity index (χ1n) is 7.14. The van der Waals surface area contributed by atoms with Crippen molar-refractivity contribution in [3.63, 3.8) is 0 Å². The highest BCUT2D eigenvalue weighted by Gasteiger charge is 2.35. The number of hydrogen-bond donors (Lipinski definition) is 1. The van der Waals surface area contributed by atoms with Crippen LogP contribution in [0.5, 0.6) is 0 Å². The number of rotatable bonds is 6. The van der Waals surface area contributed by atoms with Gasteiger partial charge in [0.15, 0.2) is 0 Å². The summed E-state index contributed by atoms with van der Waals surface area (Å²) in [5.74, 6) is 0.630. The van der Waals surface area contributed by atoms with Crippen LogP contribution in [0.25, 0.3) is 0 Å². The molecule has 0 radical (unpaired) electrons. The van der Waals surface area contributed by atoms with E-state index in [9.17, 15) is 8.42 Å². The van der Waals surface area contributed by atoms with Crippen LogP contribution < -0.4 is 5.32 Å². The molecular formula is C14H29NO2S. The maximum Gasteiger partial charge on any atom is 0.150 e. The van der Waals surface area contributed by atoms with Crippen molar-refractivity contribution in [1.29, 1.82) is 0 Å². The van der Waals surface area contributed by atoms with Gasteiger partial charge in [-0.1, -0.05) is 19.8 Å². The van der Waals surface area contributed by atoms with E-state index in [0.29, 0.717) is 5.75 Å². The second kappa shape index (κ2) is 5.91. The molecule has 0 heterocycles. The fourth-order valence-electron chi connectivity index (χ4n) is 2.61. The van der Waals surface area contributed by atoms with E-state index >= 15 is 0 Å². The van der Waals surface area contributed by atoms with Gasteiger partial charge in [-0.25, -0.2) is 8.42 Å². The van der Waals surface area contributed by atoms with Crippen LogP contribution in [-0.2, 0) is 9.84 Å². The molecule has 1 aliphatic rings. The first-order chi connectivity index (χ1) is 8.18. The summed E-state index contributed by atoms with van der Waals surface area (Å²) in [6.07, 6.45) is 5.67. The smallest absolute Gasteiger partial charge is 0.150 e. The molecule has 0 atom stereocenters. The fraction of sp³-hybridized carbons (Fsp3) is 1.00. The van der Waals surface area contributed by atoms with Crippen LogP contribution >= 0.6 is 0 Å². The van der Waals surface area contributed by atoms with Gasteiger partial charge < -0.3 is 5.32 Å². The minimum absolute atomic E-state index is 0.110. The van der Waals surface area contributed by atoms with Crippen LogP contribution in [0.4, 0.5) is 0 Å². The molecule has 0 bridgehead atoms. The topological polar surface area (TPSA) is 46.2 Å². The second-order valence-corrected chi connectivity index (χ2v) is 9.27. The third-order valence-electron chi connectivity index (χ3n) is 4.04. The van der Waals surface area contributed by atoms with Gasteiger partial charge in [-0.3, -0.25) is 0 Å². The molecule has 18 heavy (non-hydrogen) atoms. The maximum atomic E-state index is 11.7. The lowest BCUT2D eigenvalue weighted by molar-refractivity contribution is 0.239. The van der Waals surface area contributed by atoms with E-state index in [1.165, 1.54) is 25.7 Å². The summed E-state index contributed by atoms with van der Waals surface area (Å²) in [7, 11) is -2.83. The van der Waals surface area contributed by atoms with Crippen LogP contribution in [0, 0.1) is 5.41 Å². The summed E-state index contributed by atoms with van der Waals surface area (Å²) >= 11 is 0. The highest BCUT2D eigenvalue weighted by Crippen LogP contribution is 2.41. The van der Waals surface area contributed by atoms with Crippen LogP contribution in [0.3, 0.4) is 0 Å². The molecule has 0 unspecified atom stereocenters. The lowest BCUT2D eigenvalue weighted by atomic mass is 9.82. The lowest BCUT2D eigenvalue weighted by Crippen LogP contribution is -2.43. The average molecular weight is 275 g/mol.